The summed E-state index contributed by atoms with van der Waals surface area (Å²) < 4.78 is 32.8. The first-order valence-electron chi connectivity index (χ1n) is 9.00. The van der Waals surface area contributed by atoms with Crippen LogP contribution in [0.4, 0.5) is 5.69 Å². The van der Waals surface area contributed by atoms with Crippen LogP contribution in [0.15, 0.2) is 47.4 Å². The van der Waals surface area contributed by atoms with Crippen molar-refractivity contribution in [3.8, 4) is 0 Å². The highest BCUT2D eigenvalue weighted by atomic mass is 35.5. The molecule has 1 fully saturated rings. The number of amides is 1. The molecular formula is C20H23ClN2O4S. The number of carbonyl (C=O) groups excluding carboxylic acids is 1. The third-order valence-corrected chi connectivity index (χ3v) is 6.66. The van der Waals surface area contributed by atoms with Crippen molar-refractivity contribution in [2.24, 2.45) is 0 Å². The molecule has 1 amide bonds. The van der Waals surface area contributed by atoms with Crippen LogP contribution in [-0.4, -0.2) is 43.9 Å². The highest BCUT2D eigenvalue weighted by Crippen LogP contribution is 2.23. The van der Waals surface area contributed by atoms with E-state index in [4.69, 9.17) is 16.3 Å². The normalized spacial score (nSPS) is 20.7. The number of anilines is 1. The fraction of sp³-hybridized carbons (Fsp3) is 0.350. The summed E-state index contributed by atoms with van der Waals surface area (Å²) in [5, 5.41) is 3.41. The number of nitrogens with zero attached hydrogens (tertiary/aromatic N) is 1. The van der Waals surface area contributed by atoms with Crippen molar-refractivity contribution in [2.75, 3.05) is 18.4 Å². The van der Waals surface area contributed by atoms with Crippen molar-refractivity contribution >= 4 is 33.2 Å². The van der Waals surface area contributed by atoms with E-state index in [-0.39, 0.29) is 23.0 Å². The van der Waals surface area contributed by atoms with E-state index in [1.165, 1.54) is 28.6 Å². The summed E-state index contributed by atoms with van der Waals surface area (Å²) in [5.41, 5.74) is 1.87. The molecule has 3 rings (SSSR count). The van der Waals surface area contributed by atoms with E-state index in [1.807, 2.05) is 20.8 Å². The molecule has 1 saturated heterocycles. The van der Waals surface area contributed by atoms with Gasteiger partial charge < -0.3 is 10.1 Å². The lowest BCUT2D eigenvalue weighted by atomic mass is 10.1. The Morgan fingerprint density at radius 1 is 1.11 bits per heavy atom. The second kappa shape index (κ2) is 8.21. The van der Waals surface area contributed by atoms with Crippen LogP contribution in [-0.2, 0) is 14.8 Å². The number of aryl methyl sites for hydroxylation is 1. The zero-order valence-electron chi connectivity index (χ0n) is 16.0. The van der Waals surface area contributed by atoms with Crippen LogP contribution < -0.4 is 5.32 Å². The summed E-state index contributed by atoms with van der Waals surface area (Å²) in [7, 11) is -3.63. The second-order valence-electron chi connectivity index (χ2n) is 7.02. The van der Waals surface area contributed by atoms with Gasteiger partial charge in [0.15, 0.2) is 0 Å². The second-order valence-corrected chi connectivity index (χ2v) is 9.39. The average Bonchev–Trinajstić information content (AvgIpc) is 2.63. The maximum Gasteiger partial charge on any atom is 0.255 e. The Balaban J connectivity index is 1.76. The maximum absolute atomic E-state index is 12.9. The number of hydrogen-bond donors (Lipinski definition) is 1. The molecule has 1 aliphatic heterocycles. The Morgan fingerprint density at radius 2 is 1.71 bits per heavy atom. The highest BCUT2D eigenvalue weighted by molar-refractivity contribution is 7.89. The highest BCUT2D eigenvalue weighted by Gasteiger charge is 2.32. The minimum atomic E-state index is -3.63. The molecule has 2 unspecified atom stereocenters. The van der Waals surface area contributed by atoms with Crippen molar-refractivity contribution in [1.29, 1.82) is 0 Å². The van der Waals surface area contributed by atoms with Gasteiger partial charge in [-0.1, -0.05) is 11.6 Å². The number of hydrogen-bond acceptors (Lipinski definition) is 4. The number of nitrogens with one attached hydrogen (secondary N) is 1. The third-order valence-electron chi connectivity index (χ3n) is 4.58. The van der Waals surface area contributed by atoms with Gasteiger partial charge in [-0.2, -0.15) is 4.31 Å². The predicted octanol–water partition coefficient (Wildman–Crippen LogP) is 3.70. The van der Waals surface area contributed by atoms with E-state index in [0.717, 1.165) is 5.56 Å². The molecule has 2 atom stereocenters. The Morgan fingerprint density at radius 3 is 2.29 bits per heavy atom. The van der Waals surface area contributed by atoms with Gasteiger partial charge >= 0.3 is 0 Å². The molecule has 2 aromatic rings. The van der Waals surface area contributed by atoms with E-state index in [1.54, 1.807) is 18.2 Å². The molecule has 150 valence electrons. The Labute approximate surface area is 170 Å². The van der Waals surface area contributed by atoms with E-state index < -0.39 is 10.0 Å². The molecule has 0 saturated carbocycles. The summed E-state index contributed by atoms with van der Waals surface area (Å²) in [6.45, 7) is 6.17. The lowest BCUT2D eigenvalue weighted by Gasteiger charge is -2.34. The number of benzene rings is 2. The molecule has 28 heavy (non-hydrogen) atoms. The van der Waals surface area contributed by atoms with Crippen LogP contribution in [0, 0.1) is 6.92 Å². The molecule has 0 spiro atoms. The van der Waals surface area contributed by atoms with Gasteiger partial charge in [-0.05, 0) is 68.8 Å². The van der Waals surface area contributed by atoms with Gasteiger partial charge in [-0.25, -0.2) is 8.42 Å². The van der Waals surface area contributed by atoms with Crippen LogP contribution in [0.1, 0.15) is 29.8 Å². The van der Waals surface area contributed by atoms with Crippen molar-refractivity contribution in [3.05, 3.63) is 58.6 Å². The van der Waals surface area contributed by atoms with Crippen LogP contribution in [0.5, 0.6) is 0 Å². The number of rotatable bonds is 4. The molecule has 1 heterocycles. The van der Waals surface area contributed by atoms with Crippen molar-refractivity contribution in [1.82, 2.24) is 4.31 Å². The van der Waals surface area contributed by atoms with Crippen LogP contribution in [0.25, 0.3) is 0 Å². The molecular weight excluding hydrogens is 400 g/mol. The summed E-state index contributed by atoms with van der Waals surface area (Å²) >= 11 is 5.93. The van der Waals surface area contributed by atoms with E-state index in [0.29, 0.717) is 29.4 Å². The van der Waals surface area contributed by atoms with Gasteiger partial charge in [0.2, 0.25) is 10.0 Å². The average molecular weight is 423 g/mol. The lowest BCUT2D eigenvalue weighted by Crippen LogP contribution is -2.48. The predicted molar refractivity (Wildman–Crippen MR) is 109 cm³/mol. The summed E-state index contributed by atoms with van der Waals surface area (Å²) in [5.74, 6) is -0.317. The quantitative estimate of drug-likeness (QED) is 0.815. The lowest BCUT2D eigenvalue weighted by molar-refractivity contribution is -0.0440. The van der Waals surface area contributed by atoms with Gasteiger partial charge in [-0.15, -0.1) is 0 Å². The molecule has 1 aliphatic rings. The minimum Gasteiger partial charge on any atom is -0.373 e. The molecule has 0 bridgehead atoms. The summed E-state index contributed by atoms with van der Waals surface area (Å²) in [4.78, 5) is 12.6. The number of halogens is 1. The zero-order valence-corrected chi connectivity index (χ0v) is 17.5. The number of carbonyl (C=O) groups is 1. The van der Waals surface area contributed by atoms with Crippen molar-refractivity contribution in [3.63, 3.8) is 0 Å². The Kier molecular flexibility index (Phi) is 6.09. The first-order chi connectivity index (χ1) is 13.2. The van der Waals surface area contributed by atoms with Gasteiger partial charge in [0.25, 0.3) is 5.91 Å². The SMILES string of the molecule is Cc1cc(Cl)ccc1NC(=O)c1ccc(S(=O)(=O)N2CC(C)OC(C)C2)cc1. The number of sulfonamides is 1. The number of morpholine rings is 1. The maximum atomic E-state index is 12.9. The van der Waals surface area contributed by atoms with Gasteiger partial charge in [0.1, 0.15) is 0 Å². The van der Waals surface area contributed by atoms with Gasteiger partial charge in [0, 0.05) is 29.4 Å². The summed E-state index contributed by atoms with van der Waals surface area (Å²) in [6, 6.07) is 11.1. The fourth-order valence-electron chi connectivity index (χ4n) is 3.22. The van der Waals surface area contributed by atoms with E-state index in [9.17, 15) is 13.2 Å². The minimum absolute atomic E-state index is 0.160. The summed E-state index contributed by atoms with van der Waals surface area (Å²) in [6.07, 6.45) is -0.322. The first kappa shape index (κ1) is 20.8. The largest absolute Gasteiger partial charge is 0.373 e. The van der Waals surface area contributed by atoms with Gasteiger partial charge in [-0.3, -0.25) is 4.79 Å². The topological polar surface area (TPSA) is 75.7 Å². The van der Waals surface area contributed by atoms with Gasteiger partial charge in [0.05, 0.1) is 17.1 Å². The molecule has 8 heteroatoms. The van der Waals surface area contributed by atoms with Crippen LogP contribution in [0.3, 0.4) is 0 Å². The van der Waals surface area contributed by atoms with Crippen LogP contribution in [0.2, 0.25) is 5.02 Å². The monoisotopic (exact) mass is 422 g/mol. The van der Waals surface area contributed by atoms with Crippen LogP contribution >= 0.6 is 11.6 Å². The molecule has 1 N–H and O–H groups in total. The Bertz CT molecular complexity index is 966. The Hall–Kier alpha value is -1.93. The standard InChI is InChI=1S/C20H23ClN2O4S/c1-13-10-17(21)6-9-19(13)22-20(24)16-4-7-18(8-5-16)28(25,26)23-11-14(2)27-15(3)12-23/h4-10,14-15H,11-12H2,1-3H3,(H,22,24). The fourth-order valence-corrected chi connectivity index (χ4v) is 5.03. The van der Waals surface area contributed by atoms with Crippen molar-refractivity contribution < 1.29 is 17.9 Å². The third kappa shape index (κ3) is 4.55. The molecule has 6 nitrogen and oxygen atoms in total. The van der Waals surface area contributed by atoms with E-state index in [2.05, 4.69) is 5.32 Å². The first-order valence-corrected chi connectivity index (χ1v) is 10.8. The molecule has 0 radical (unpaired) electrons. The number of ether oxygens (including phenoxy) is 1. The smallest absolute Gasteiger partial charge is 0.255 e. The molecule has 0 aromatic heterocycles. The molecule has 2 aromatic carbocycles. The molecule has 0 aliphatic carbocycles. The zero-order chi connectivity index (χ0) is 20.5. The van der Waals surface area contributed by atoms with Crippen molar-refractivity contribution in [2.45, 2.75) is 37.9 Å². The van der Waals surface area contributed by atoms with E-state index >= 15 is 0 Å².